The summed E-state index contributed by atoms with van der Waals surface area (Å²) in [4.78, 5) is 21.7. The van der Waals surface area contributed by atoms with Crippen molar-refractivity contribution in [3.63, 3.8) is 0 Å². The molecule has 4 aromatic rings. The number of amides is 1. The van der Waals surface area contributed by atoms with Crippen LogP contribution in [0, 0.1) is 0 Å². The van der Waals surface area contributed by atoms with Crippen LogP contribution in [-0.4, -0.2) is 36.9 Å². The molecule has 32 heavy (non-hydrogen) atoms. The van der Waals surface area contributed by atoms with E-state index in [0.29, 0.717) is 38.8 Å². The first-order chi connectivity index (χ1) is 15.7. The second-order valence-corrected chi connectivity index (χ2v) is 8.36. The molecule has 0 aliphatic carbocycles. The highest BCUT2D eigenvalue weighted by atomic mass is 32.1. The van der Waals surface area contributed by atoms with Crippen molar-refractivity contribution in [1.29, 1.82) is 0 Å². The van der Waals surface area contributed by atoms with Crippen molar-refractivity contribution in [3.05, 3.63) is 52.9 Å². The Kier molecular flexibility index (Phi) is 5.38. The summed E-state index contributed by atoms with van der Waals surface area (Å²) in [6, 6.07) is 11.2. The number of carbonyl (C=O) groups is 1. The molecule has 0 saturated heterocycles. The van der Waals surface area contributed by atoms with Crippen molar-refractivity contribution >= 4 is 33.7 Å². The molecule has 8 nitrogen and oxygen atoms in total. The number of ether oxygens (including phenoxy) is 4. The molecule has 2 aromatic carbocycles. The van der Waals surface area contributed by atoms with Crippen LogP contribution in [0.15, 0.2) is 47.2 Å². The standard InChI is InChI=1S/C22H17N3O5S2/c1-27-17-5-3-4-13(19(17)28-2)21-23-15(10-31-21)20(26)25-22-24-14(9-32-22)12-6-7-16-18(8-12)30-11-29-16/h3-10H,11H2,1-2H3,(H,24,25,26). The Balaban J connectivity index is 1.33. The number of methoxy groups -OCH3 is 2. The average Bonchev–Trinajstić information content (AvgIpc) is 3.58. The van der Waals surface area contributed by atoms with E-state index >= 15 is 0 Å². The van der Waals surface area contributed by atoms with Gasteiger partial charge in [0, 0.05) is 16.3 Å². The van der Waals surface area contributed by atoms with Gasteiger partial charge in [-0.25, -0.2) is 9.97 Å². The molecular formula is C22H17N3O5S2. The van der Waals surface area contributed by atoms with Gasteiger partial charge in [-0.2, -0.15) is 0 Å². The first-order valence-corrected chi connectivity index (χ1v) is 11.3. The van der Waals surface area contributed by atoms with Gasteiger partial charge in [0.1, 0.15) is 10.7 Å². The Morgan fingerprint density at radius 1 is 1.03 bits per heavy atom. The average molecular weight is 468 g/mol. The van der Waals surface area contributed by atoms with E-state index < -0.39 is 0 Å². The lowest BCUT2D eigenvalue weighted by Crippen LogP contribution is -2.12. The molecule has 0 unspecified atom stereocenters. The van der Waals surface area contributed by atoms with Gasteiger partial charge in [0.05, 0.1) is 25.5 Å². The zero-order valence-electron chi connectivity index (χ0n) is 17.1. The number of benzene rings is 2. The van der Waals surface area contributed by atoms with Gasteiger partial charge in [-0.15, -0.1) is 22.7 Å². The number of nitrogens with zero attached hydrogens (tertiary/aromatic N) is 2. The lowest BCUT2D eigenvalue weighted by Gasteiger charge is -2.10. The van der Waals surface area contributed by atoms with E-state index in [-0.39, 0.29) is 12.7 Å². The molecule has 0 fully saturated rings. The van der Waals surface area contributed by atoms with Crippen LogP contribution in [0.4, 0.5) is 5.13 Å². The number of hydrogen-bond donors (Lipinski definition) is 1. The van der Waals surface area contributed by atoms with Crippen molar-refractivity contribution in [1.82, 2.24) is 9.97 Å². The maximum absolute atomic E-state index is 12.7. The quantitative estimate of drug-likeness (QED) is 0.430. The third kappa shape index (κ3) is 3.74. The SMILES string of the molecule is COc1cccc(-c2nc(C(=O)Nc3nc(-c4ccc5c(c4)OCO5)cs3)cs2)c1OC. The Morgan fingerprint density at radius 3 is 2.75 bits per heavy atom. The first kappa shape index (κ1) is 20.3. The minimum absolute atomic E-state index is 0.217. The molecule has 1 aliphatic rings. The van der Waals surface area contributed by atoms with E-state index in [0.717, 1.165) is 16.8 Å². The van der Waals surface area contributed by atoms with Crippen LogP contribution in [0.2, 0.25) is 0 Å². The molecule has 2 aromatic heterocycles. The molecule has 0 spiro atoms. The summed E-state index contributed by atoms with van der Waals surface area (Å²) in [5, 5.41) is 7.54. The van der Waals surface area contributed by atoms with E-state index in [1.165, 1.54) is 22.7 Å². The molecule has 1 amide bonds. The van der Waals surface area contributed by atoms with Gasteiger partial charge in [-0.1, -0.05) is 6.07 Å². The number of rotatable bonds is 6. The number of aromatic nitrogens is 2. The summed E-state index contributed by atoms with van der Waals surface area (Å²) in [7, 11) is 3.15. The van der Waals surface area contributed by atoms with Crippen molar-refractivity contribution in [2.45, 2.75) is 0 Å². The minimum Gasteiger partial charge on any atom is -0.493 e. The summed E-state index contributed by atoms with van der Waals surface area (Å²) in [6.45, 7) is 0.217. The van der Waals surface area contributed by atoms with E-state index in [4.69, 9.17) is 18.9 Å². The van der Waals surface area contributed by atoms with Crippen LogP contribution in [0.3, 0.4) is 0 Å². The van der Waals surface area contributed by atoms with Crippen molar-refractivity contribution < 1.29 is 23.7 Å². The predicted molar refractivity (Wildman–Crippen MR) is 122 cm³/mol. The van der Waals surface area contributed by atoms with E-state index in [2.05, 4.69) is 15.3 Å². The molecule has 0 bridgehead atoms. The highest BCUT2D eigenvalue weighted by Crippen LogP contribution is 2.39. The first-order valence-electron chi connectivity index (χ1n) is 9.50. The molecule has 162 valence electrons. The van der Waals surface area contributed by atoms with Crippen LogP contribution in [-0.2, 0) is 0 Å². The van der Waals surface area contributed by atoms with Crippen molar-refractivity contribution in [2.24, 2.45) is 0 Å². The summed E-state index contributed by atoms with van der Waals surface area (Å²) in [5.74, 6) is 2.24. The Bertz CT molecular complexity index is 1300. The highest BCUT2D eigenvalue weighted by Gasteiger charge is 2.19. The van der Waals surface area contributed by atoms with Gasteiger partial charge in [-0.05, 0) is 30.3 Å². The smallest absolute Gasteiger partial charge is 0.276 e. The third-order valence-electron chi connectivity index (χ3n) is 4.76. The predicted octanol–water partition coefficient (Wildman–Crippen LogP) is 4.93. The van der Waals surface area contributed by atoms with E-state index in [1.807, 2.05) is 41.8 Å². The highest BCUT2D eigenvalue weighted by molar-refractivity contribution is 7.14. The Labute approximate surface area is 191 Å². The van der Waals surface area contributed by atoms with Crippen LogP contribution in [0.25, 0.3) is 21.8 Å². The van der Waals surface area contributed by atoms with Gasteiger partial charge in [0.2, 0.25) is 6.79 Å². The van der Waals surface area contributed by atoms with Crippen LogP contribution < -0.4 is 24.3 Å². The molecular weight excluding hydrogens is 450 g/mol. The molecule has 10 heteroatoms. The van der Waals surface area contributed by atoms with Crippen LogP contribution >= 0.6 is 22.7 Å². The van der Waals surface area contributed by atoms with Gasteiger partial charge < -0.3 is 18.9 Å². The molecule has 0 saturated carbocycles. The Hall–Kier alpha value is -3.63. The fraction of sp³-hybridized carbons (Fsp3) is 0.136. The van der Waals surface area contributed by atoms with Crippen LogP contribution in [0.5, 0.6) is 23.0 Å². The number of para-hydroxylation sites is 1. The normalized spacial score (nSPS) is 11.9. The molecule has 1 aliphatic heterocycles. The van der Waals surface area contributed by atoms with Crippen molar-refractivity contribution in [3.8, 4) is 44.8 Å². The number of hydrogen-bond acceptors (Lipinski definition) is 9. The molecule has 0 atom stereocenters. The molecule has 1 N–H and O–H groups in total. The minimum atomic E-state index is -0.332. The van der Waals surface area contributed by atoms with Gasteiger partial charge >= 0.3 is 0 Å². The lowest BCUT2D eigenvalue weighted by atomic mass is 10.1. The summed E-state index contributed by atoms with van der Waals surface area (Å²) >= 11 is 2.69. The summed E-state index contributed by atoms with van der Waals surface area (Å²) in [5.41, 5.74) is 2.68. The zero-order valence-corrected chi connectivity index (χ0v) is 18.7. The number of nitrogens with one attached hydrogen (secondary N) is 1. The number of thiazole rings is 2. The maximum atomic E-state index is 12.7. The number of anilines is 1. The van der Waals surface area contributed by atoms with Gasteiger partial charge in [0.25, 0.3) is 5.91 Å². The number of fused-ring (bicyclic) bond motifs is 1. The molecule has 0 radical (unpaired) electrons. The summed E-state index contributed by atoms with van der Waals surface area (Å²) in [6.07, 6.45) is 0. The fourth-order valence-electron chi connectivity index (χ4n) is 3.24. The van der Waals surface area contributed by atoms with E-state index in [9.17, 15) is 4.79 Å². The van der Waals surface area contributed by atoms with Gasteiger partial charge in [0.15, 0.2) is 28.1 Å². The maximum Gasteiger partial charge on any atom is 0.276 e. The largest absolute Gasteiger partial charge is 0.493 e. The van der Waals surface area contributed by atoms with Gasteiger partial charge in [-0.3, -0.25) is 10.1 Å². The topological polar surface area (TPSA) is 91.8 Å². The Morgan fingerprint density at radius 2 is 1.91 bits per heavy atom. The zero-order chi connectivity index (χ0) is 22.1. The fourth-order valence-corrected chi connectivity index (χ4v) is 4.77. The summed E-state index contributed by atoms with van der Waals surface area (Å²) < 4.78 is 21.6. The molecule has 5 rings (SSSR count). The second kappa shape index (κ2) is 8.48. The number of carbonyl (C=O) groups excluding carboxylic acids is 1. The monoisotopic (exact) mass is 467 g/mol. The second-order valence-electron chi connectivity index (χ2n) is 6.64. The molecule has 3 heterocycles. The van der Waals surface area contributed by atoms with E-state index in [1.54, 1.807) is 19.6 Å². The van der Waals surface area contributed by atoms with Crippen molar-refractivity contribution in [2.75, 3.05) is 26.3 Å². The van der Waals surface area contributed by atoms with Crippen LogP contribution in [0.1, 0.15) is 10.5 Å². The lowest BCUT2D eigenvalue weighted by molar-refractivity contribution is 0.102. The third-order valence-corrected chi connectivity index (χ3v) is 6.40.